The summed E-state index contributed by atoms with van der Waals surface area (Å²) in [5, 5.41) is 3.69. The molecule has 0 radical (unpaired) electrons. The number of hydrogen-bond acceptors (Lipinski definition) is 2. The lowest BCUT2D eigenvalue weighted by Crippen LogP contribution is -2.35. The first kappa shape index (κ1) is 17.7. The first-order chi connectivity index (χ1) is 12.5. The Hall–Kier alpha value is -3.15. The fourth-order valence-corrected chi connectivity index (χ4v) is 2.84. The van der Waals surface area contributed by atoms with E-state index in [9.17, 15) is 14.0 Å². The van der Waals surface area contributed by atoms with E-state index in [2.05, 4.69) is 10.3 Å². The van der Waals surface area contributed by atoms with Gasteiger partial charge in [0.05, 0.1) is 6.54 Å². The predicted octanol–water partition coefficient (Wildman–Crippen LogP) is 3.34. The predicted molar refractivity (Wildman–Crippen MR) is 99.3 cm³/mol. The average Bonchev–Trinajstić information content (AvgIpc) is 3.02. The molecule has 1 heterocycles. The van der Waals surface area contributed by atoms with Gasteiger partial charge < -0.3 is 15.2 Å². The number of rotatable bonds is 6. The lowest BCUT2D eigenvalue weighted by molar-refractivity contribution is -0.133. The number of aromatic nitrogens is 1. The number of fused-ring (bicyclic) bond motifs is 1. The monoisotopic (exact) mass is 353 g/mol. The van der Waals surface area contributed by atoms with Crippen molar-refractivity contribution in [1.29, 1.82) is 0 Å². The van der Waals surface area contributed by atoms with Gasteiger partial charge in [-0.3, -0.25) is 9.59 Å². The van der Waals surface area contributed by atoms with E-state index < -0.39 is 5.82 Å². The van der Waals surface area contributed by atoms with E-state index >= 15 is 0 Å². The van der Waals surface area contributed by atoms with Gasteiger partial charge in [0.1, 0.15) is 5.82 Å². The number of benzene rings is 2. The van der Waals surface area contributed by atoms with Gasteiger partial charge in [-0.1, -0.05) is 24.3 Å². The molecule has 0 saturated heterocycles. The van der Waals surface area contributed by atoms with E-state index in [0.717, 1.165) is 16.5 Å². The Kier molecular flexibility index (Phi) is 5.31. The minimum atomic E-state index is -0.425. The molecule has 26 heavy (non-hydrogen) atoms. The number of carbonyl (C=O) groups excluding carboxylic acids is 2. The number of hydrogen-bond donors (Lipinski definition) is 2. The number of nitrogens with one attached hydrogen (secondary N) is 2. The lowest BCUT2D eigenvalue weighted by atomic mass is 10.1. The quantitative estimate of drug-likeness (QED) is 0.714. The highest BCUT2D eigenvalue weighted by atomic mass is 19.1. The standard InChI is InChI=1S/C20H20FN3O2/c1-24(13-19(25)23-16-6-4-5-15(21)11-16)20(26)10-9-14-12-22-18-8-3-2-7-17(14)18/h2-8,11-12,22H,9-10,13H2,1H3,(H,23,25). The molecule has 2 aromatic carbocycles. The van der Waals surface area contributed by atoms with Gasteiger partial charge in [-0.25, -0.2) is 4.39 Å². The number of carbonyl (C=O) groups is 2. The van der Waals surface area contributed by atoms with E-state index in [-0.39, 0.29) is 18.4 Å². The largest absolute Gasteiger partial charge is 0.361 e. The number of aryl methyl sites for hydroxylation is 1. The molecule has 6 heteroatoms. The molecule has 0 spiro atoms. The number of amides is 2. The fraction of sp³-hybridized carbons (Fsp3) is 0.200. The Morgan fingerprint density at radius 2 is 1.96 bits per heavy atom. The molecule has 0 fully saturated rings. The van der Waals surface area contributed by atoms with Crippen LogP contribution in [0.15, 0.2) is 54.7 Å². The Bertz CT molecular complexity index is 935. The lowest BCUT2D eigenvalue weighted by Gasteiger charge is -2.16. The highest BCUT2D eigenvalue weighted by molar-refractivity contribution is 5.94. The molecule has 134 valence electrons. The van der Waals surface area contributed by atoms with Crippen molar-refractivity contribution in [3.63, 3.8) is 0 Å². The molecule has 0 atom stereocenters. The van der Waals surface area contributed by atoms with Crippen molar-refractivity contribution >= 4 is 28.4 Å². The smallest absolute Gasteiger partial charge is 0.243 e. The number of anilines is 1. The Morgan fingerprint density at radius 1 is 1.15 bits per heavy atom. The third-order valence-corrected chi connectivity index (χ3v) is 4.20. The molecular formula is C20H20FN3O2. The molecule has 0 saturated carbocycles. The number of aromatic amines is 1. The number of para-hydroxylation sites is 1. The van der Waals surface area contributed by atoms with Crippen LogP contribution in [0.1, 0.15) is 12.0 Å². The molecule has 0 aliphatic carbocycles. The average molecular weight is 353 g/mol. The van der Waals surface area contributed by atoms with Crippen molar-refractivity contribution in [1.82, 2.24) is 9.88 Å². The summed E-state index contributed by atoms with van der Waals surface area (Å²) in [5.74, 6) is -0.908. The third-order valence-electron chi connectivity index (χ3n) is 4.20. The maximum Gasteiger partial charge on any atom is 0.243 e. The van der Waals surface area contributed by atoms with Crippen LogP contribution in [0, 0.1) is 5.82 Å². The highest BCUT2D eigenvalue weighted by Gasteiger charge is 2.14. The Labute approximate surface area is 150 Å². The van der Waals surface area contributed by atoms with Crippen LogP contribution in [0.4, 0.5) is 10.1 Å². The van der Waals surface area contributed by atoms with Gasteiger partial charge in [0, 0.05) is 36.3 Å². The molecule has 3 rings (SSSR count). The molecule has 1 aromatic heterocycles. The zero-order valence-electron chi connectivity index (χ0n) is 14.5. The summed E-state index contributed by atoms with van der Waals surface area (Å²) in [4.78, 5) is 28.9. The topological polar surface area (TPSA) is 65.2 Å². The van der Waals surface area contributed by atoms with Crippen LogP contribution in [0.25, 0.3) is 10.9 Å². The van der Waals surface area contributed by atoms with Gasteiger partial charge in [0.15, 0.2) is 0 Å². The van der Waals surface area contributed by atoms with Crippen LogP contribution in [-0.4, -0.2) is 35.3 Å². The van der Waals surface area contributed by atoms with Gasteiger partial charge in [-0.2, -0.15) is 0 Å². The van der Waals surface area contributed by atoms with Crippen molar-refractivity contribution in [2.45, 2.75) is 12.8 Å². The minimum absolute atomic E-state index is 0.0801. The van der Waals surface area contributed by atoms with Crippen LogP contribution in [0.3, 0.4) is 0 Å². The minimum Gasteiger partial charge on any atom is -0.361 e. The summed E-state index contributed by atoms with van der Waals surface area (Å²) < 4.78 is 13.1. The van der Waals surface area contributed by atoms with Gasteiger partial charge in [-0.15, -0.1) is 0 Å². The van der Waals surface area contributed by atoms with E-state index in [1.165, 1.54) is 23.1 Å². The normalized spacial score (nSPS) is 10.7. The molecule has 2 amide bonds. The Balaban J connectivity index is 1.52. The maximum atomic E-state index is 13.1. The number of nitrogens with zero attached hydrogens (tertiary/aromatic N) is 1. The van der Waals surface area contributed by atoms with Crippen molar-refractivity contribution in [3.8, 4) is 0 Å². The Morgan fingerprint density at radius 3 is 2.77 bits per heavy atom. The zero-order valence-corrected chi connectivity index (χ0v) is 14.5. The molecule has 0 aliphatic heterocycles. The van der Waals surface area contributed by atoms with Crippen molar-refractivity contribution in [2.24, 2.45) is 0 Å². The van der Waals surface area contributed by atoms with Gasteiger partial charge in [0.2, 0.25) is 11.8 Å². The summed E-state index contributed by atoms with van der Waals surface area (Å²) in [6.45, 7) is -0.0801. The molecule has 0 bridgehead atoms. The second-order valence-corrected chi connectivity index (χ2v) is 6.17. The summed E-state index contributed by atoms with van der Waals surface area (Å²) in [6, 6.07) is 13.6. The van der Waals surface area contributed by atoms with Crippen LogP contribution >= 0.6 is 0 Å². The van der Waals surface area contributed by atoms with Crippen molar-refractivity contribution in [2.75, 3.05) is 18.9 Å². The van der Waals surface area contributed by atoms with Gasteiger partial charge >= 0.3 is 0 Å². The molecule has 0 aliphatic rings. The second-order valence-electron chi connectivity index (χ2n) is 6.17. The van der Waals surface area contributed by atoms with Crippen molar-refractivity contribution in [3.05, 3.63) is 66.1 Å². The van der Waals surface area contributed by atoms with E-state index in [4.69, 9.17) is 0 Å². The van der Waals surface area contributed by atoms with Crippen LogP contribution in [0.5, 0.6) is 0 Å². The van der Waals surface area contributed by atoms with Crippen molar-refractivity contribution < 1.29 is 14.0 Å². The summed E-state index contributed by atoms with van der Waals surface area (Å²) >= 11 is 0. The molecule has 3 aromatic rings. The number of H-pyrrole nitrogens is 1. The van der Waals surface area contributed by atoms with Gasteiger partial charge in [0.25, 0.3) is 0 Å². The van der Waals surface area contributed by atoms with E-state index in [0.29, 0.717) is 18.5 Å². The molecular weight excluding hydrogens is 333 g/mol. The maximum absolute atomic E-state index is 13.1. The summed E-state index contributed by atoms with van der Waals surface area (Å²) in [7, 11) is 1.59. The first-order valence-electron chi connectivity index (χ1n) is 8.37. The zero-order chi connectivity index (χ0) is 18.5. The highest BCUT2D eigenvalue weighted by Crippen LogP contribution is 2.19. The second kappa shape index (κ2) is 7.82. The SMILES string of the molecule is CN(CC(=O)Nc1cccc(F)c1)C(=O)CCc1c[nH]c2ccccc12. The first-order valence-corrected chi connectivity index (χ1v) is 8.37. The number of likely N-dealkylation sites (N-methyl/N-ethyl adjacent to an activating group) is 1. The fourth-order valence-electron chi connectivity index (χ4n) is 2.84. The molecule has 0 unspecified atom stereocenters. The van der Waals surface area contributed by atoms with Crippen LogP contribution in [-0.2, 0) is 16.0 Å². The molecule has 2 N–H and O–H groups in total. The van der Waals surface area contributed by atoms with Gasteiger partial charge in [-0.05, 0) is 36.2 Å². The van der Waals surface area contributed by atoms with Crippen LogP contribution in [0.2, 0.25) is 0 Å². The molecule has 5 nitrogen and oxygen atoms in total. The summed E-state index contributed by atoms with van der Waals surface area (Å²) in [6.07, 6.45) is 2.82. The third kappa shape index (κ3) is 4.27. The van der Waals surface area contributed by atoms with E-state index in [1.807, 2.05) is 30.5 Å². The van der Waals surface area contributed by atoms with Crippen LogP contribution < -0.4 is 5.32 Å². The summed E-state index contributed by atoms with van der Waals surface area (Å²) in [5.41, 5.74) is 2.49. The van der Waals surface area contributed by atoms with E-state index in [1.54, 1.807) is 13.1 Å². The number of halogens is 1.